The number of nitrogens with zero attached hydrogens (tertiary/aromatic N) is 1. The maximum Gasteiger partial charge on any atom is 0.310 e. The molecule has 0 amide bonds. The van der Waals surface area contributed by atoms with E-state index in [1.807, 2.05) is 0 Å². The number of hydrogen-bond acceptors (Lipinski definition) is 3. The van der Waals surface area contributed by atoms with Gasteiger partial charge in [-0.2, -0.15) is 0 Å². The van der Waals surface area contributed by atoms with E-state index in [1.165, 1.54) is 12.8 Å². The van der Waals surface area contributed by atoms with Crippen LogP contribution < -0.4 is 0 Å². The molecule has 0 aliphatic carbocycles. The first-order valence-corrected chi connectivity index (χ1v) is 6.27. The lowest BCUT2D eigenvalue weighted by molar-refractivity contribution is -0.149. The SMILES string of the molecule is C=CCOC(=O)C1CCCN(CCCC)C1. The predicted octanol–water partition coefficient (Wildman–Crippen LogP) is 2.23. The van der Waals surface area contributed by atoms with Gasteiger partial charge in [-0.3, -0.25) is 4.79 Å². The quantitative estimate of drug-likeness (QED) is 0.513. The van der Waals surface area contributed by atoms with Gasteiger partial charge in [0.15, 0.2) is 0 Å². The first kappa shape index (κ1) is 13.2. The van der Waals surface area contributed by atoms with Crippen LogP contribution >= 0.6 is 0 Å². The molecule has 0 aromatic carbocycles. The molecule has 0 aromatic rings. The fourth-order valence-electron chi connectivity index (χ4n) is 2.09. The van der Waals surface area contributed by atoms with Crippen LogP contribution in [0.25, 0.3) is 0 Å². The Hall–Kier alpha value is -0.830. The van der Waals surface area contributed by atoms with Crippen molar-refractivity contribution < 1.29 is 9.53 Å². The molecule has 0 N–H and O–H groups in total. The highest BCUT2D eigenvalue weighted by molar-refractivity contribution is 5.72. The fourth-order valence-corrected chi connectivity index (χ4v) is 2.09. The van der Waals surface area contributed by atoms with Crippen molar-refractivity contribution in [1.82, 2.24) is 4.90 Å². The second-order valence-electron chi connectivity index (χ2n) is 4.41. The molecule has 3 heteroatoms. The highest BCUT2D eigenvalue weighted by Gasteiger charge is 2.26. The van der Waals surface area contributed by atoms with Crippen molar-refractivity contribution in [2.45, 2.75) is 32.6 Å². The number of ether oxygens (including phenoxy) is 1. The van der Waals surface area contributed by atoms with E-state index in [0.717, 1.165) is 32.5 Å². The van der Waals surface area contributed by atoms with Gasteiger partial charge < -0.3 is 9.64 Å². The summed E-state index contributed by atoms with van der Waals surface area (Å²) in [4.78, 5) is 14.1. The Balaban J connectivity index is 2.31. The van der Waals surface area contributed by atoms with Crippen LogP contribution in [0.5, 0.6) is 0 Å². The number of likely N-dealkylation sites (tertiary alicyclic amines) is 1. The van der Waals surface area contributed by atoms with Gasteiger partial charge in [0, 0.05) is 6.54 Å². The predicted molar refractivity (Wildman–Crippen MR) is 65.2 cm³/mol. The highest BCUT2D eigenvalue weighted by atomic mass is 16.5. The second-order valence-corrected chi connectivity index (χ2v) is 4.41. The lowest BCUT2D eigenvalue weighted by Gasteiger charge is -2.31. The third kappa shape index (κ3) is 4.35. The summed E-state index contributed by atoms with van der Waals surface area (Å²) in [6, 6.07) is 0. The number of carbonyl (C=O) groups excluding carboxylic acids is 1. The van der Waals surface area contributed by atoms with Crippen molar-refractivity contribution in [2.75, 3.05) is 26.2 Å². The summed E-state index contributed by atoms with van der Waals surface area (Å²) in [6.45, 7) is 9.19. The van der Waals surface area contributed by atoms with Crippen molar-refractivity contribution in [3.05, 3.63) is 12.7 Å². The van der Waals surface area contributed by atoms with Crippen LogP contribution in [0.3, 0.4) is 0 Å². The molecule has 16 heavy (non-hydrogen) atoms. The van der Waals surface area contributed by atoms with Gasteiger partial charge in [0.2, 0.25) is 0 Å². The van der Waals surface area contributed by atoms with Crippen molar-refractivity contribution >= 4 is 5.97 Å². The number of unbranched alkanes of at least 4 members (excludes halogenated alkanes) is 1. The molecule has 0 saturated carbocycles. The summed E-state index contributed by atoms with van der Waals surface area (Å²) in [6.07, 6.45) is 6.13. The van der Waals surface area contributed by atoms with E-state index in [2.05, 4.69) is 18.4 Å². The summed E-state index contributed by atoms with van der Waals surface area (Å²) in [5.74, 6) is 0.0201. The Bertz CT molecular complexity index is 228. The van der Waals surface area contributed by atoms with E-state index in [0.29, 0.717) is 6.61 Å². The minimum Gasteiger partial charge on any atom is -0.461 e. The standard InChI is InChI=1S/C13H23NO2/c1-3-5-8-14-9-6-7-12(11-14)13(15)16-10-4-2/h4,12H,2-3,5-11H2,1H3. The van der Waals surface area contributed by atoms with E-state index in [4.69, 9.17) is 4.74 Å². The lowest BCUT2D eigenvalue weighted by Crippen LogP contribution is -2.39. The Morgan fingerprint density at radius 3 is 3.12 bits per heavy atom. The van der Waals surface area contributed by atoms with Gasteiger partial charge in [-0.15, -0.1) is 0 Å². The van der Waals surface area contributed by atoms with E-state index < -0.39 is 0 Å². The molecule has 1 heterocycles. The van der Waals surface area contributed by atoms with Gasteiger partial charge in [-0.25, -0.2) is 0 Å². The van der Waals surface area contributed by atoms with Gasteiger partial charge in [-0.1, -0.05) is 26.0 Å². The lowest BCUT2D eigenvalue weighted by atomic mass is 9.98. The van der Waals surface area contributed by atoms with Crippen molar-refractivity contribution in [3.8, 4) is 0 Å². The normalized spacial score (nSPS) is 21.7. The number of piperidine rings is 1. The van der Waals surface area contributed by atoms with Crippen LogP contribution in [0, 0.1) is 5.92 Å². The summed E-state index contributed by atoms with van der Waals surface area (Å²) in [7, 11) is 0. The van der Waals surface area contributed by atoms with E-state index in [1.54, 1.807) is 6.08 Å². The average molecular weight is 225 g/mol. The van der Waals surface area contributed by atoms with Gasteiger partial charge in [0.25, 0.3) is 0 Å². The van der Waals surface area contributed by atoms with Crippen LogP contribution in [0.4, 0.5) is 0 Å². The third-order valence-corrected chi connectivity index (χ3v) is 3.01. The Morgan fingerprint density at radius 2 is 2.44 bits per heavy atom. The molecule has 1 unspecified atom stereocenters. The largest absolute Gasteiger partial charge is 0.461 e. The summed E-state index contributed by atoms with van der Waals surface area (Å²) < 4.78 is 5.10. The topological polar surface area (TPSA) is 29.5 Å². The molecular formula is C13H23NO2. The van der Waals surface area contributed by atoms with Crippen molar-refractivity contribution in [3.63, 3.8) is 0 Å². The molecule has 3 nitrogen and oxygen atoms in total. The number of hydrogen-bond donors (Lipinski definition) is 0. The fraction of sp³-hybridized carbons (Fsp3) is 0.769. The molecule has 1 saturated heterocycles. The summed E-state index contributed by atoms with van der Waals surface area (Å²) in [5.41, 5.74) is 0. The number of esters is 1. The maximum atomic E-state index is 11.7. The maximum absolute atomic E-state index is 11.7. The average Bonchev–Trinajstić information content (AvgIpc) is 2.33. The highest BCUT2D eigenvalue weighted by Crippen LogP contribution is 2.18. The van der Waals surface area contributed by atoms with Gasteiger partial charge in [0.05, 0.1) is 5.92 Å². The Kier molecular flexibility index (Phi) is 6.16. The van der Waals surface area contributed by atoms with Crippen LogP contribution in [0.1, 0.15) is 32.6 Å². The third-order valence-electron chi connectivity index (χ3n) is 3.01. The summed E-state index contributed by atoms with van der Waals surface area (Å²) >= 11 is 0. The zero-order chi connectivity index (χ0) is 11.8. The molecule has 0 bridgehead atoms. The Labute approximate surface area is 98.5 Å². The molecule has 1 aliphatic rings. The zero-order valence-corrected chi connectivity index (χ0v) is 10.3. The molecule has 1 atom stereocenters. The molecule has 0 aromatic heterocycles. The monoisotopic (exact) mass is 225 g/mol. The molecule has 1 fully saturated rings. The van der Waals surface area contributed by atoms with Gasteiger partial charge in [-0.05, 0) is 32.4 Å². The van der Waals surface area contributed by atoms with Crippen molar-refractivity contribution in [2.24, 2.45) is 5.92 Å². The van der Waals surface area contributed by atoms with Crippen LogP contribution in [0.2, 0.25) is 0 Å². The number of rotatable bonds is 6. The number of carbonyl (C=O) groups is 1. The van der Waals surface area contributed by atoms with Crippen LogP contribution in [-0.4, -0.2) is 37.1 Å². The molecule has 0 spiro atoms. The van der Waals surface area contributed by atoms with Gasteiger partial charge in [0.1, 0.15) is 6.61 Å². The molecule has 1 rings (SSSR count). The first-order chi connectivity index (χ1) is 7.77. The van der Waals surface area contributed by atoms with Gasteiger partial charge >= 0.3 is 5.97 Å². The van der Waals surface area contributed by atoms with E-state index in [-0.39, 0.29) is 11.9 Å². The molecule has 1 aliphatic heterocycles. The van der Waals surface area contributed by atoms with Crippen LogP contribution in [0.15, 0.2) is 12.7 Å². The zero-order valence-electron chi connectivity index (χ0n) is 10.3. The Morgan fingerprint density at radius 1 is 1.62 bits per heavy atom. The molecule has 0 radical (unpaired) electrons. The molecule has 92 valence electrons. The first-order valence-electron chi connectivity index (χ1n) is 6.27. The summed E-state index contributed by atoms with van der Waals surface area (Å²) in [5, 5.41) is 0. The minimum absolute atomic E-state index is 0.0545. The second kappa shape index (κ2) is 7.44. The molecular weight excluding hydrogens is 202 g/mol. The van der Waals surface area contributed by atoms with Crippen LogP contribution in [-0.2, 0) is 9.53 Å². The van der Waals surface area contributed by atoms with E-state index in [9.17, 15) is 4.79 Å². The van der Waals surface area contributed by atoms with Crippen molar-refractivity contribution in [1.29, 1.82) is 0 Å². The minimum atomic E-state index is -0.0545. The smallest absolute Gasteiger partial charge is 0.310 e. The van der Waals surface area contributed by atoms with E-state index >= 15 is 0 Å².